The Morgan fingerprint density at radius 1 is 1.29 bits per heavy atom. The number of aromatic nitrogens is 1. The summed E-state index contributed by atoms with van der Waals surface area (Å²) in [5.41, 5.74) is 2.33. The Hall–Kier alpha value is -2.40. The van der Waals surface area contributed by atoms with Gasteiger partial charge in [0.15, 0.2) is 6.61 Å². The van der Waals surface area contributed by atoms with Crippen LogP contribution in [0.1, 0.15) is 36.9 Å². The zero-order valence-electron chi connectivity index (χ0n) is 13.9. The van der Waals surface area contributed by atoms with E-state index in [1.54, 1.807) is 6.20 Å². The van der Waals surface area contributed by atoms with Crippen LogP contribution in [0, 0.1) is 0 Å². The van der Waals surface area contributed by atoms with Crippen molar-refractivity contribution in [3.05, 3.63) is 59.9 Å². The second-order valence-corrected chi connectivity index (χ2v) is 6.16. The molecule has 1 saturated carbocycles. The number of benzene rings is 1. The van der Waals surface area contributed by atoms with Crippen LogP contribution in [0.2, 0.25) is 0 Å². The minimum atomic E-state index is -0.0481. The van der Waals surface area contributed by atoms with Crippen LogP contribution in [0.4, 0.5) is 0 Å². The molecule has 1 amide bonds. The lowest BCUT2D eigenvalue weighted by molar-refractivity contribution is -0.123. The summed E-state index contributed by atoms with van der Waals surface area (Å²) < 4.78 is 5.52. The molecule has 0 spiro atoms. The fourth-order valence-electron chi connectivity index (χ4n) is 2.39. The van der Waals surface area contributed by atoms with E-state index in [1.165, 1.54) is 5.56 Å². The molecule has 0 bridgehead atoms. The van der Waals surface area contributed by atoms with Gasteiger partial charge in [-0.1, -0.05) is 18.2 Å². The second kappa shape index (κ2) is 7.93. The average Bonchev–Trinajstić information content (AvgIpc) is 3.43. The first-order valence-corrected chi connectivity index (χ1v) is 8.35. The smallest absolute Gasteiger partial charge is 0.258 e. The molecule has 0 unspecified atom stereocenters. The van der Waals surface area contributed by atoms with E-state index >= 15 is 0 Å². The summed E-state index contributed by atoms with van der Waals surface area (Å²) in [6.07, 6.45) is 5.81. The highest BCUT2D eigenvalue weighted by Crippen LogP contribution is 2.19. The van der Waals surface area contributed by atoms with Crippen LogP contribution in [0.25, 0.3) is 0 Å². The van der Waals surface area contributed by atoms with E-state index in [4.69, 9.17) is 4.74 Å². The van der Waals surface area contributed by atoms with Gasteiger partial charge in [0.05, 0.1) is 0 Å². The van der Waals surface area contributed by atoms with Crippen molar-refractivity contribution in [2.45, 2.75) is 38.4 Å². The van der Waals surface area contributed by atoms with Crippen molar-refractivity contribution in [1.29, 1.82) is 0 Å². The fourth-order valence-corrected chi connectivity index (χ4v) is 2.39. The Labute approximate surface area is 142 Å². The highest BCUT2D eigenvalue weighted by Gasteiger charge is 2.23. The summed E-state index contributed by atoms with van der Waals surface area (Å²) in [5.74, 6) is 0.664. The Bertz CT molecular complexity index is 654. The summed E-state index contributed by atoms with van der Waals surface area (Å²) in [7, 11) is 0. The number of ether oxygens (including phenoxy) is 1. The monoisotopic (exact) mass is 325 g/mol. The van der Waals surface area contributed by atoms with Gasteiger partial charge in [0, 0.05) is 31.0 Å². The van der Waals surface area contributed by atoms with E-state index in [9.17, 15) is 4.79 Å². The topological polar surface area (TPSA) is 63.3 Å². The second-order valence-electron chi connectivity index (χ2n) is 6.16. The third-order valence-electron chi connectivity index (χ3n) is 4.03. The number of rotatable bonds is 8. The molecule has 2 N–H and O–H groups in total. The molecular formula is C19H23N3O2. The van der Waals surface area contributed by atoms with Gasteiger partial charge >= 0.3 is 0 Å². The first-order chi connectivity index (χ1) is 11.7. The van der Waals surface area contributed by atoms with E-state index in [1.807, 2.05) is 36.5 Å². The van der Waals surface area contributed by atoms with Crippen molar-refractivity contribution in [3.8, 4) is 5.75 Å². The van der Waals surface area contributed by atoms with Crippen LogP contribution in [-0.2, 0) is 11.3 Å². The van der Waals surface area contributed by atoms with Gasteiger partial charge in [0.2, 0.25) is 0 Å². The van der Waals surface area contributed by atoms with Gasteiger partial charge in [-0.25, -0.2) is 0 Å². The molecule has 1 heterocycles. The minimum Gasteiger partial charge on any atom is -0.484 e. The van der Waals surface area contributed by atoms with Crippen molar-refractivity contribution >= 4 is 5.91 Å². The minimum absolute atomic E-state index is 0.0481. The van der Waals surface area contributed by atoms with Crippen molar-refractivity contribution in [1.82, 2.24) is 15.6 Å². The molecule has 0 radical (unpaired) electrons. The molecule has 1 aliphatic carbocycles. The molecule has 126 valence electrons. The number of nitrogens with zero attached hydrogens (tertiary/aromatic N) is 1. The van der Waals surface area contributed by atoms with E-state index in [0.29, 0.717) is 11.8 Å². The Kier molecular flexibility index (Phi) is 5.43. The Morgan fingerprint density at radius 3 is 2.75 bits per heavy atom. The number of hydrogen-bond donors (Lipinski definition) is 2. The molecule has 24 heavy (non-hydrogen) atoms. The van der Waals surface area contributed by atoms with E-state index < -0.39 is 0 Å². The first kappa shape index (κ1) is 16.5. The van der Waals surface area contributed by atoms with Crippen molar-refractivity contribution in [3.63, 3.8) is 0 Å². The summed E-state index contributed by atoms with van der Waals surface area (Å²) in [6.45, 7) is 2.97. The lowest BCUT2D eigenvalue weighted by Gasteiger charge is -2.15. The summed E-state index contributed by atoms with van der Waals surface area (Å²) in [5, 5.41) is 6.38. The van der Waals surface area contributed by atoms with E-state index in [-0.39, 0.29) is 18.6 Å². The molecule has 0 aliphatic heterocycles. The molecule has 1 fully saturated rings. The fraction of sp³-hybridized carbons (Fsp3) is 0.368. The standard InChI is InChI=1S/C19H23N3O2/c1-14(21-12-15-3-2-10-20-11-15)16-4-8-18(9-5-16)24-13-19(23)22-17-6-7-17/h2-5,8-11,14,17,21H,6-7,12-13H2,1H3,(H,22,23)/t14-/m1/s1. The van der Waals surface area contributed by atoms with E-state index in [0.717, 1.165) is 24.9 Å². The van der Waals surface area contributed by atoms with Crippen molar-refractivity contribution in [2.75, 3.05) is 6.61 Å². The SMILES string of the molecule is C[C@@H](NCc1cccnc1)c1ccc(OCC(=O)NC2CC2)cc1. The van der Waals surface area contributed by atoms with Gasteiger partial charge in [-0.3, -0.25) is 9.78 Å². The Morgan fingerprint density at radius 2 is 2.08 bits per heavy atom. The maximum Gasteiger partial charge on any atom is 0.258 e. The zero-order chi connectivity index (χ0) is 16.8. The molecule has 3 rings (SSSR count). The van der Waals surface area contributed by atoms with Crippen LogP contribution < -0.4 is 15.4 Å². The number of carbonyl (C=O) groups is 1. The molecule has 0 saturated heterocycles. The molecule has 2 aromatic rings. The third-order valence-corrected chi connectivity index (χ3v) is 4.03. The lowest BCUT2D eigenvalue weighted by atomic mass is 10.1. The number of amides is 1. The summed E-state index contributed by atoms with van der Waals surface area (Å²) in [4.78, 5) is 15.7. The highest BCUT2D eigenvalue weighted by molar-refractivity contribution is 5.78. The number of nitrogens with one attached hydrogen (secondary N) is 2. The van der Waals surface area contributed by atoms with Crippen LogP contribution >= 0.6 is 0 Å². The maximum absolute atomic E-state index is 11.6. The number of carbonyl (C=O) groups excluding carboxylic acids is 1. The molecule has 1 aromatic carbocycles. The maximum atomic E-state index is 11.6. The Balaban J connectivity index is 1.45. The molecule has 1 aromatic heterocycles. The molecule has 1 atom stereocenters. The highest BCUT2D eigenvalue weighted by atomic mass is 16.5. The van der Waals surface area contributed by atoms with E-state index in [2.05, 4.69) is 28.6 Å². The van der Waals surface area contributed by atoms with Gasteiger partial charge in [-0.15, -0.1) is 0 Å². The predicted molar refractivity (Wildman–Crippen MR) is 92.6 cm³/mol. The van der Waals surface area contributed by atoms with Crippen LogP contribution in [0.5, 0.6) is 5.75 Å². The summed E-state index contributed by atoms with van der Waals surface area (Å²) in [6, 6.07) is 12.4. The molecule has 1 aliphatic rings. The lowest BCUT2D eigenvalue weighted by Crippen LogP contribution is -2.30. The summed E-state index contributed by atoms with van der Waals surface area (Å²) >= 11 is 0. The van der Waals surface area contributed by atoms with Crippen LogP contribution in [-0.4, -0.2) is 23.5 Å². The largest absolute Gasteiger partial charge is 0.484 e. The predicted octanol–water partition coefficient (Wildman–Crippen LogP) is 2.59. The van der Waals surface area contributed by atoms with Gasteiger partial charge in [0.25, 0.3) is 5.91 Å². The van der Waals surface area contributed by atoms with Crippen molar-refractivity contribution < 1.29 is 9.53 Å². The zero-order valence-corrected chi connectivity index (χ0v) is 13.9. The number of pyridine rings is 1. The van der Waals surface area contributed by atoms with Crippen LogP contribution in [0.15, 0.2) is 48.8 Å². The first-order valence-electron chi connectivity index (χ1n) is 8.35. The van der Waals surface area contributed by atoms with Crippen LogP contribution in [0.3, 0.4) is 0 Å². The quantitative estimate of drug-likeness (QED) is 0.783. The third kappa shape index (κ3) is 5.06. The van der Waals surface area contributed by atoms with Crippen molar-refractivity contribution in [2.24, 2.45) is 0 Å². The molecular weight excluding hydrogens is 302 g/mol. The average molecular weight is 325 g/mol. The van der Waals surface area contributed by atoms with Gasteiger partial charge in [-0.05, 0) is 49.1 Å². The normalized spacial score (nSPS) is 14.9. The van der Waals surface area contributed by atoms with Gasteiger partial charge in [-0.2, -0.15) is 0 Å². The number of hydrogen-bond acceptors (Lipinski definition) is 4. The molecule has 5 heteroatoms. The molecule has 5 nitrogen and oxygen atoms in total. The van der Waals surface area contributed by atoms with Gasteiger partial charge in [0.1, 0.15) is 5.75 Å². The van der Waals surface area contributed by atoms with Gasteiger partial charge < -0.3 is 15.4 Å².